The molecule has 1 atom stereocenters. The van der Waals surface area contributed by atoms with Gasteiger partial charge in [0.05, 0.1) is 0 Å². The fourth-order valence-electron chi connectivity index (χ4n) is 4.13. The molecule has 1 saturated heterocycles. The summed E-state index contributed by atoms with van der Waals surface area (Å²) < 4.78 is 0. The molecule has 1 saturated carbocycles. The maximum Gasteiger partial charge on any atom is 0.321 e. The Morgan fingerprint density at radius 1 is 0.833 bits per heavy atom. The molecule has 0 radical (unpaired) electrons. The summed E-state index contributed by atoms with van der Waals surface area (Å²) in [5, 5.41) is 8.58. The van der Waals surface area contributed by atoms with Gasteiger partial charge in [-0.05, 0) is 56.9 Å². The number of nitrogens with one attached hydrogen (secondary N) is 3. The molecule has 0 unspecified atom stereocenters. The second-order valence-electron chi connectivity index (χ2n) is 8.46. The van der Waals surface area contributed by atoms with Crippen LogP contribution in [0.2, 0.25) is 0 Å². The van der Waals surface area contributed by atoms with Crippen molar-refractivity contribution < 1.29 is 14.4 Å². The molecular weight excluding hydrogens is 380 g/mol. The fraction of sp³-hybridized carbons (Fsp3) is 0.609. The molecule has 3 rings (SSSR count). The minimum Gasteiger partial charge on any atom is -0.344 e. The smallest absolute Gasteiger partial charge is 0.321 e. The third-order valence-electron chi connectivity index (χ3n) is 6.02. The van der Waals surface area contributed by atoms with Crippen LogP contribution < -0.4 is 16.0 Å². The van der Waals surface area contributed by atoms with Crippen LogP contribution in [0.25, 0.3) is 0 Å². The van der Waals surface area contributed by atoms with Crippen LogP contribution in [0.5, 0.6) is 0 Å². The van der Waals surface area contributed by atoms with Crippen LogP contribution >= 0.6 is 0 Å². The number of carbonyl (C=O) groups is 3. The van der Waals surface area contributed by atoms with Crippen LogP contribution in [0.15, 0.2) is 24.3 Å². The first-order valence-corrected chi connectivity index (χ1v) is 11.3. The molecular formula is C23H34N4O3. The van der Waals surface area contributed by atoms with Crippen molar-refractivity contribution in [2.24, 2.45) is 5.92 Å². The van der Waals surface area contributed by atoms with E-state index in [1.807, 2.05) is 4.90 Å². The maximum atomic E-state index is 12.4. The number of urea groups is 1. The van der Waals surface area contributed by atoms with Crippen molar-refractivity contribution in [3.63, 3.8) is 0 Å². The molecule has 1 aliphatic carbocycles. The summed E-state index contributed by atoms with van der Waals surface area (Å²) in [5.41, 5.74) is 1.33. The molecule has 7 heteroatoms. The molecule has 2 fully saturated rings. The van der Waals surface area contributed by atoms with E-state index in [1.165, 1.54) is 19.3 Å². The number of nitrogens with zero attached hydrogens (tertiary/aromatic N) is 1. The third-order valence-corrected chi connectivity index (χ3v) is 6.02. The Morgan fingerprint density at radius 2 is 1.37 bits per heavy atom. The van der Waals surface area contributed by atoms with Gasteiger partial charge in [0.25, 0.3) is 0 Å². The quantitative estimate of drug-likeness (QED) is 0.677. The molecule has 1 heterocycles. The van der Waals surface area contributed by atoms with Crippen molar-refractivity contribution in [2.75, 3.05) is 23.7 Å². The number of benzene rings is 1. The molecule has 0 aromatic heterocycles. The lowest BCUT2D eigenvalue weighted by Gasteiger charge is -2.23. The van der Waals surface area contributed by atoms with Crippen molar-refractivity contribution in [1.82, 2.24) is 10.2 Å². The lowest BCUT2D eigenvalue weighted by Crippen LogP contribution is -2.44. The van der Waals surface area contributed by atoms with Gasteiger partial charge in [0.2, 0.25) is 11.8 Å². The van der Waals surface area contributed by atoms with Gasteiger partial charge in [-0.1, -0.05) is 32.1 Å². The van der Waals surface area contributed by atoms with Gasteiger partial charge >= 0.3 is 6.03 Å². The fourth-order valence-corrected chi connectivity index (χ4v) is 4.13. The SMILES string of the molecule is C[C@H](NC(=O)C1CCCCC1)C(=O)Nc1ccc(NC(=O)N2CCCCCC2)cc1. The van der Waals surface area contributed by atoms with Gasteiger partial charge in [-0.25, -0.2) is 4.79 Å². The van der Waals surface area contributed by atoms with E-state index in [2.05, 4.69) is 16.0 Å². The van der Waals surface area contributed by atoms with Crippen LogP contribution in [0.4, 0.5) is 16.2 Å². The largest absolute Gasteiger partial charge is 0.344 e. The Bertz CT molecular complexity index is 720. The Kier molecular flexibility index (Phi) is 8.11. The van der Waals surface area contributed by atoms with E-state index in [0.717, 1.165) is 51.6 Å². The van der Waals surface area contributed by atoms with Gasteiger partial charge in [-0.3, -0.25) is 9.59 Å². The lowest BCUT2D eigenvalue weighted by atomic mass is 9.88. The van der Waals surface area contributed by atoms with Crippen molar-refractivity contribution >= 4 is 29.2 Å². The zero-order valence-corrected chi connectivity index (χ0v) is 17.9. The average Bonchev–Trinajstić information content (AvgIpc) is 3.05. The molecule has 0 spiro atoms. The predicted octanol–water partition coefficient (Wildman–Crippen LogP) is 4.12. The van der Waals surface area contributed by atoms with Crippen molar-refractivity contribution in [3.8, 4) is 0 Å². The van der Waals surface area contributed by atoms with Gasteiger partial charge < -0.3 is 20.9 Å². The van der Waals surface area contributed by atoms with E-state index >= 15 is 0 Å². The van der Waals surface area contributed by atoms with Crippen molar-refractivity contribution in [1.29, 1.82) is 0 Å². The standard InChI is InChI=1S/C23H34N4O3/c1-17(24-22(29)18-9-5-4-6-10-18)21(28)25-19-11-13-20(14-12-19)26-23(30)27-15-7-2-3-8-16-27/h11-14,17-18H,2-10,15-16H2,1H3,(H,24,29)(H,25,28)(H,26,30)/t17-/m0/s1. The van der Waals surface area contributed by atoms with Crippen LogP contribution in [0, 0.1) is 5.92 Å². The Morgan fingerprint density at radius 3 is 1.97 bits per heavy atom. The highest BCUT2D eigenvalue weighted by molar-refractivity contribution is 5.97. The van der Waals surface area contributed by atoms with Crippen molar-refractivity contribution in [3.05, 3.63) is 24.3 Å². The highest BCUT2D eigenvalue weighted by atomic mass is 16.2. The van der Waals surface area contributed by atoms with E-state index in [9.17, 15) is 14.4 Å². The van der Waals surface area contributed by atoms with Gasteiger partial charge in [-0.15, -0.1) is 0 Å². The van der Waals surface area contributed by atoms with Crippen LogP contribution in [0.1, 0.15) is 64.7 Å². The monoisotopic (exact) mass is 414 g/mol. The van der Waals surface area contributed by atoms with E-state index < -0.39 is 6.04 Å². The molecule has 30 heavy (non-hydrogen) atoms. The number of amides is 4. The van der Waals surface area contributed by atoms with Crippen LogP contribution in [-0.2, 0) is 9.59 Å². The van der Waals surface area contributed by atoms with E-state index in [-0.39, 0.29) is 23.8 Å². The summed E-state index contributed by atoms with van der Waals surface area (Å²) in [6.45, 7) is 3.29. The summed E-state index contributed by atoms with van der Waals surface area (Å²) in [4.78, 5) is 39.0. The zero-order chi connectivity index (χ0) is 21.3. The summed E-state index contributed by atoms with van der Waals surface area (Å²) >= 11 is 0. The van der Waals surface area contributed by atoms with Crippen LogP contribution in [-0.4, -0.2) is 41.9 Å². The first-order chi connectivity index (χ1) is 14.5. The summed E-state index contributed by atoms with van der Waals surface area (Å²) in [6, 6.07) is 6.39. The Hall–Kier alpha value is -2.57. The number of hydrogen-bond donors (Lipinski definition) is 3. The second-order valence-corrected chi connectivity index (χ2v) is 8.46. The summed E-state index contributed by atoms with van der Waals surface area (Å²) in [7, 11) is 0. The summed E-state index contributed by atoms with van der Waals surface area (Å²) in [5.74, 6) is -0.245. The molecule has 1 aromatic rings. The number of rotatable bonds is 5. The van der Waals surface area contributed by atoms with E-state index in [1.54, 1.807) is 31.2 Å². The number of hydrogen-bond acceptors (Lipinski definition) is 3. The highest BCUT2D eigenvalue weighted by Gasteiger charge is 2.24. The van der Waals surface area contributed by atoms with Gasteiger partial charge in [0, 0.05) is 30.4 Å². The number of anilines is 2. The second kappa shape index (κ2) is 11.0. The van der Waals surface area contributed by atoms with Gasteiger partial charge in [0.15, 0.2) is 0 Å². The third kappa shape index (κ3) is 6.47. The first-order valence-electron chi connectivity index (χ1n) is 11.3. The molecule has 1 aromatic carbocycles. The molecule has 3 N–H and O–H groups in total. The van der Waals surface area contributed by atoms with Gasteiger partial charge in [-0.2, -0.15) is 0 Å². The minimum absolute atomic E-state index is 0.0241. The average molecular weight is 415 g/mol. The summed E-state index contributed by atoms with van der Waals surface area (Å²) in [6.07, 6.45) is 9.62. The Balaban J connectivity index is 1.46. The molecule has 0 bridgehead atoms. The van der Waals surface area contributed by atoms with E-state index in [4.69, 9.17) is 0 Å². The first kappa shape index (κ1) is 22.1. The minimum atomic E-state index is -0.596. The zero-order valence-electron chi connectivity index (χ0n) is 17.9. The molecule has 4 amide bonds. The maximum absolute atomic E-state index is 12.4. The molecule has 7 nitrogen and oxygen atoms in total. The number of carbonyl (C=O) groups excluding carboxylic acids is 3. The topological polar surface area (TPSA) is 90.5 Å². The number of likely N-dealkylation sites (tertiary alicyclic amines) is 1. The van der Waals surface area contributed by atoms with Crippen molar-refractivity contribution in [2.45, 2.75) is 70.8 Å². The molecule has 2 aliphatic rings. The highest BCUT2D eigenvalue weighted by Crippen LogP contribution is 2.23. The molecule has 164 valence electrons. The van der Waals surface area contributed by atoms with Crippen LogP contribution in [0.3, 0.4) is 0 Å². The predicted molar refractivity (Wildman–Crippen MR) is 118 cm³/mol. The Labute approximate surface area is 179 Å². The molecule has 1 aliphatic heterocycles. The normalized spacial score (nSPS) is 18.8. The van der Waals surface area contributed by atoms with Gasteiger partial charge in [0.1, 0.15) is 6.04 Å². The lowest BCUT2D eigenvalue weighted by molar-refractivity contribution is -0.129. The van der Waals surface area contributed by atoms with E-state index in [0.29, 0.717) is 11.4 Å².